The normalized spacial score (nSPS) is 20.3. The smallest absolute Gasteiger partial charge is 0.244 e. The van der Waals surface area contributed by atoms with Crippen molar-refractivity contribution in [1.82, 2.24) is 9.62 Å². The van der Waals surface area contributed by atoms with Gasteiger partial charge < -0.3 is 5.32 Å². The SMILES string of the molecule is CNCc1cc(S(=O)(=O)N2CCCS(=O)(=O)CC2)c(C)s1. The summed E-state index contributed by atoms with van der Waals surface area (Å²) in [4.78, 5) is 2.00. The maximum absolute atomic E-state index is 12.7. The molecule has 9 heteroatoms. The summed E-state index contributed by atoms with van der Waals surface area (Å²) in [6, 6.07) is 1.69. The molecule has 0 radical (unpaired) electrons. The number of nitrogens with one attached hydrogen (secondary N) is 1. The van der Waals surface area contributed by atoms with Crippen molar-refractivity contribution < 1.29 is 16.8 Å². The number of aryl methyl sites for hydroxylation is 1. The maximum atomic E-state index is 12.7. The van der Waals surface area contributed by atoms with Crippen LogP contribution in [0.5, 0.6) is 0 Å². The van der Waals surface area contributed by atoms with Gasteiger partial charge in [0.2, 0.25) is 10.0 Å². The van der Waals surface area contributed by atoms with Gasteiger partial charge in [-0.15, -0.1) is 11.3 Å². The van der Waals surface area contributed by atoms with Crippen LogP contribution < -0.4 is 5.32 Å². The van der Waals surface area contributed by atoms with E-state index >= 15 is 0 Å². The minimum absolute atomic E-state index is 0.0430. The van der Waals surface area contributed by atoms with E-state index in [1.54, 1.807) is 13.0 Å². The van der Waals surface area contributed by atoms with Crippen LogP contribution in [0.2, 0.25) is 0 Å². The van der Waals surface area contributed by atoms with Crippen molar-refractivity contribution in [1.29, 1.82) is 0 Å². The Balaban J connectivity index is 2.29. The van der Waals surface area contributed by atoms with Gasteiger partial charge in [0.15, 0.2) is 9.84 Å². The number of hydrogen-bond donors (Lipinski definition) is 1. The molecule has 0 saturated carbocycles. The van der Waals surface area contributed by atoms with Crippen LogP contribution in [0.25, 0.3) is 0 Å². The van der Waals surface area contributed by atoms with Gasteiger partial charge in [-0.1, -0.05) is 0 Å². The molecule has 1 aromatic heterocycles. The topological polar surface area (TPSA) is 83.6 Å². The summed E-state index contributed by atoms with van der Waals surface area (Å²) < 4.78 is 49.9. The monoisotopic (exact) mass is 352 g/mol. The van der Waals surface area contributed by atoms with Gasteiger partial charge in [-0.3, -0.25) is 0 Å². The summed E-state index contributed by atoms with van der Waals surface area (Å²) in [6.45, 7) is 2.71. The maximum Gasteiger partial charge on any atom is 0.244 e. The molecule has 1 aliphatic heterocycles. The van der Waals surface area contributed by atoms with Gasteiger partial charge in [0.25, 0.3) is 0 Å². The predicted octanol–water partition coefficient (Wildman–Crippen LogP) is 0.585. The minimum atomic E-state index is -3.61. The quantitative estimate of drug-likeness (QED) is 0.857. The Bertz CT molecular complexity index is 707. The van der Waals surface area contributed by atoms with E-state index in [1.807, 2.05) is 7.05 Å². The Morgan fingerprint density at radius 2 is 2.05 bits per heavy atom. The highest BCUT2D eigenvalue weighted by atomic mass is 32.2. The summed E-state index contributed by atoms with van der Waals surface area (Å²) in [7, 11) is -4.93. The van der Waals surface area contributed by atoms with E-state index in [4.69, 9.17) is 0 Å². The molecule has 0 aromatic carbocycles. The number of sulfone groups is 1. The molecule has 1 fully saturated rings. The van der Waals surface area contributed by atoms with Crippen LogP contribution in [0.4, 0.5) is 0 Å². The van der Waals surface area contributed by atoms with Crippen molar-refractivity contribution in [2.45, 2.75) is 24.8 Å². The molecule has 1 saturated heterocycles. The Morgan fingerprint density at radius 3 is 2.71 bits per heavy atom. The molecule has 21 heavy (non-hydrogen) atoms. The van der Waals surface area contributed by atoms with Gasteiger partial charge in [-0.2, -0.15) is 4.31 Å². The second-order valence-corrected chi connectivity index (χ2v) is 10.6. The van der Waals surface area contributed by atoms with Gasteiger partial charge >= 0.3 is 0 Å². The molecular formula is C12H20N2O4S3. The minimum Gasteiger partial charge on any atom is -0.315 e. The first kappa shape index (κ1) is 16.9. The molecule has 0 bridgehead atoms. The van der Waals surface area contributed by atoms with Gasteiger partial charge in [0.1, 0.15) is 0 Å². The Kier molecular flexibility index (Phi) is 5.09. The Morgan fingerprint density at radius 1 is 1.33 bits per heavy atom. The first-order chi connectivity index (χ1) is 9.76. The second-order valence-electron chi connectivity index (χ2n) is 5.07. The van der Waals surface area contributed by atoms with Gasteiger partial charge in [-0.25, -0.2) is 16.8 Å². The highest BCUT2D eigenvalue weighted by molar-refractivity contribution is 7.91. The number of thiophene rings is 1. The highest BCUT2D eigenvalue weighted by Crippen LogP contribution is 2.28. The molecule has 0 unspecified atom stereocenters. The molecule has 0 aliphatic carbocycles. The van der Waals surface area contributed by atoms with Gasteiger partial charge in [-0.05, 0) is 26.5 Å². The van der Waals surface area contributed by atoms with E-state index in [0.29, 0.717) is 17.9 Å². The van der Waals surface area contributed by atoms with Crippen LogP contribution in [0, 0.1) is 6.92 Å². The standard InChI is InChI=1S/C12H20N2O4S3/c1-10-12(8-11(19-10)9-13-2)21(17,18)14-4-3-6-20(15,16)7-5-14/h8,13H,3-7,9H2,1-2H3. The lowest BCUT2D eigenvalue weighted by atomic mass is 10.4. The first-order valence-electron chi connectivity index (χ1n) is 6.71. The van der Waals surface area contributed by atoms with Crippen molar-refractivity contribution in [2.75, 3.05) is 31.6 Å². The van der Waals surface area contributed by atoms with Crippen molar-refractivity contribution in [3.63, 3.8) is 0 Å². The van der Waals surface area contributed by atoms with Crippen molar-refractivity contribution >= 4 is 31.2 Å². The van der Waals surface area contributed by atoms with Crippen molar-refractivity contribution in [3.05, 3.63) is 15.8 Å². The number of sulfonamides is 1. The molecule has 1 aliphatic rings. The van der Waals surface area contributed by atoms with Crippen LogP contribution in [-0.4, -0.2) is 52.8 Å². The zero-order valence-electron chi connectivity index (χ0n) is 12.1. The molecule has 0 atom stereocenters. The van der Waals surface area contributed by atoms with E-state index in [9.17, 15) is 16.8 Å². The van der Waals surface area contributed by atoms with Crippen LogP contribution in [-0.2, 0) is 26.4 Å². The van der Waals surface area contributed by atoms with E-state index in [0.717, 1.165) is 9.75 Å². The van der Waals surface area contributed by atoms with Crippen LogP contribution in [0.3, 0.4) is 0 Å². The molecule has 120 valence electrons. The summed E-state index contributed by atoms with van der Waals surface area (Å²) >= 11 is 1.45. The zero-order valence-corrected chi connectivity index (χ0v) is 14.6. The lowest BCUT2D eigenvalue weighted by molar-refractivity contribution is 0.434. The zero-order chi connectivity index (χ0) is 15.7. The third-order valence-electron chi connectivity index (χ3n) is 3.41. The first-order valence-corrected chi connectivity index (χ1v) is 10.8. The van der Waals surface area contributed by atoms with Crippen LogP contribution in [0.15, 0.2) is 11.0 Å². The van der Waals surface area contributed by atoms with E-state index in [1.165, 1.54) is 15.6 Å². The number of rotatable bonds is 4. The summed E-state index contributed by atoms with van der Waals surface area (Å²) in [5.41, 5.74) is 0. The largest absolute Gasteiger partial charge is 0.315 e. The third-order valence-corrected chi connectivity index (χ3v) is 8.33. The lowest BCUT2D eigenvalue weighted by Gasteiger charge is -2.19. The second kappa shape index (κ2) is 6.33. The number of nitrogens with zero attached hydrogens (tertiary/aromatic N) is 1. The summed E-state index contributed by atoms with van der Waals surface area (Å²) in [5.74, 6) is -0.0363. The molecule has 1 aromatic rings. The Hall–Kier alpha value is -0.480. The van der Waals surface area contributed by atoms with Gasteiger partial charge in [0.05, 0.1) is 16.4 Å². The van der Waals surface area contributed by atoms with Crippen LogP contribution >= 0.6 is 11.3 Å². The fourth-order valence-electron chi connectivity index (χ4n) is 2.34. The van der Waals surface area contributed by atoms with E-state index < -0.39 is 19.9 Å². The average molecular weight is 353 g/mol. The van der Waals surface area contributed by atoms with Crippen LogP contribution in [0.1, 0.15) is 16.2 Å². The molecular weight excluding hydrogens is 332 g/mol. The van der Waals surface area contributed by atoms with E-state index in [2.05, 4.69) is 5.32 Å². The fraction of sp³-hybridized carbons (Fsp3) is 0.667. The number of hydrogen-bond acceptors (Lipinski definition) is 6. The van der Waals surface area contributed by atoms with Crippen molar-refractivity contribution in [3.8, 4) is 0 Å². The third kappa shape index (κ3) is 3.84. The molecule has 6 nitrogen and oxygen atoms in total. The molecule has 0 amide bonds. The fourth-order valence-corrected chi connectivity index (χ4v) is 6.82. The molecule has 2 rings (SSSR count). The highest BCUT2D eigenvalue weighted by Gasteiger charge is 2.31. The lowest BCUT2D eigenvalue weighted by Crippen LogP contribution is -2.33. The summed E-state index contributed by atoms with van der Waals surface area (Å²) in [6.07, 6.45) is 0.355. The summed E-state index contributed by atoms with van der Waals surface area (Å²) in [5, 5.41) is 3.00. The predicted molar refractivity (Wildman–Crippen MR) is 83.8 cm³/mol. The molecule has 2 heterocycles. The average Bonchev–Trinajstić information content (AvgIpc) is 2.64. The Labute approximate surface area is 130 Å². The molecule has 1 N–H and O–H groups in total. The van der Waals surface area contributed by atoms with E-state index in [-0.39, 0.29) is 24.6 Å². The van der Waals surface area contributed by atoms with Crippen molar-refractivity contribution in [2.24, 2.45) is 0 Å². The van der Waals surface area contributed by atoms with Gasteiger partial charge in [0, 0.05) is 29.4 Å². The molecule has 0 spiro atoms.